The van der Waals surface area contributed by atoms with Gasteiger partial charge in [0.1, 0.15) is 0 Å². The average Bonchev–Trinajstić information content (AvgIpc) is 2.81. The predicted octanol–water partition coefficient (Wildman–Crippen LogP) is 3.40. The monoisotopic (exact) mass is 302 g/mol. The van der Waals surface area contributed by atoms with E-state index in [1.54, 1.807) is 29.1 Å². The summed E-state index contributed by atoms with van der Waals surface area (Å²) in [6, 6.07) is 3.58. The number of nitrogens with zero attached hydrogens (tertiary/aromatic N) is 4. The molecule has 0 aliphatic heterocycles. The number of pyridine rings is 1. The van der Waals surface area contributed by atoms with Crippen LogP contribution in [0.1, 0.15) is 13.3 Å². The van der Waals surface area contributed by atoms with Gasteiger partial charge in [-0.3, -0.25) is 4.98 Å². The van der Waals surface area contributed by atoms with Crippen molar-refractivity contribution in [3.8, 4) is 11.4 Å². The van der Waals surface area contributed by atoms with E-state index in [2.05, 4.69) is 15.2 Å². The predicted molar refractivity (Wildman–Crippen MR) is 70.3 cm³/mol. The van der Waals surface area contributed by atoms with Crippen LogP contribution in [0.15, 0.2) is 29.7 Å². The quantitative estimate of drug-likeness (QED) is 0.794. The average molecular weight is 302 g/mol. The van der Waals surface area contributed by atoms with Crippen LogP contribution in [-0.4, -0.2) is 31.7 Å². The van der Waals surface area contributed by atoms with Crippen molar-refractivity contribution in [3.63, 3.8) is 0 Å². The Kier molecular flexibility index (Phi) is 4.64. The van der Waals surface area contributed by atoms with E-state index in [0.717, 1.165) is 17.3 Å². The van der Waals surface area contributed by atoms with E-state index in [1.165, 1.54) is 0 Å². The first-order valence-corrected chi connectivity index (χ1v) is 7.03. The summed E-state index contributed by atoms with van der Waals surface area (Å²) in [7, 11) is 0. The van der Waals surface area contributed by atoms with Crippen LogP contribution in [0.2, 0.25) is 0 Å². The van der Waals surface area contributed by atoms with E-state index in [9.17, 15) is 13.2 Å². The summed E-state index contributed by atoms with van der Waals surface area (Å²) < 4.78 is 38.2. The van der Waals surface area contributed by atoms with E-state index in [-0.39, 0.29) is 5.75 Å². The molecule has 4 nitrogen and oxygen atoms in total. The first kappa shape index (κ1) is 14.8. The molecule has 0 aliphatic carbocycles. The Morgan fingerprint density at radius 2 is 1.90 bits per heavy atom. The van der Waals surface area contributed by atoms with Gasteiger partial charge in [0.05, 0.1) is 6.42 Å². The minimum absolute atomic E-state index is 0.0576. The Morgan fingerprint density at radius 3 is 2.50 bits per heavy atom. The largest absolute Gasteiger partial charge is 0.389 e. The molecule has 0 bridgehead atoms. The lowest BCUT2D eigenvalue weighted by Crippen LogP contribution is -2.08. The van der Waals surface area contributed by atoms with Gasteiger partial charge in [0, 0.05) is 30.3 Å². The minimum atomic E-state index is -4.14. The van der Waals surface area contributed by atoms with Crippen molar-refractivity contribution in [1.29, 1.82) is 0 Å². The molecule has 0 aromatic carbocycles. The normalized spacial score (nSPS) is 11.8. The van der Waals surface area contributed by atoms with E-state index in [4.69, 9.17) is 0 Å². The molecular formula is C12H13F3N4S. The van der Waals surface area contributed by atoms with Crippen molar-refractivity contribution in [2.24, 2.45) is 0 Å². The third-order valence-corrected chi connectivity index (χ3v) is 3.56. The maximum atomic E-state index is 12.1. The van der Waals surface area contributed by atoms with Gasteiger partial charge < -0.3 is 4.57 Å². The van der Waals surface area contributed by atoms with Gasteiger partial charge in [-0.2, -0.15) is 13.2 Å². The van der Waals surface area contributed by atoms with Gasteiger partial charge in [0.2, 0.25) is 0 Å². The van der Waals surface area contributed by atoms with E-state index in [0.29, 0.717) is 17.5 Å². The zero-order valence-corrected chi connectivity index (χ0v) is 11.6. The fraction of sp³-hybridized carbons (Fsp3) is 0.417. The SMILES string of the molecule is CCn1c(SCCC(F)(F)F)nnc1-c1ccncc1. The molecule has 0 spiro atoms. The van der Waals surface area contributed by atoms with Crippen LogP contribution in [0.4, 0.5) is 13.2 Å². The number of alkyl halides is 3. The molecule has 0 amide bonds. The first-order valence-electron chi connectivity index (χ1n) is 6.04. The molecule has 0 aliphatic rings. The fourth-order valence-corrected chi connectivity index (χ4v) is 2.64. The highest BCUT2D eigenvalue weighted by Gasteiger charge is 2.27. The molecule has 8 heteroatoms. The Labute approximate surface area is 118 Å². The molecule has 0 unspecified atom stereocenters. The molecule has 0 N–H and O–H groups in total. The highest BCUT2D eigenvalue weighted by Crippen LogP contribution is 2.27. The number of aromatic nitrogens is 4. The molecule has 20 heavy (non-hydrogen) atoms. The molecule has 2 rings (SSSR count). The van der Waals surface area contributed by atoms with Crippen molar-refractivity contribution >= 4 is 11.8 Å². The summed E-state index contributed by atoms with van der Waals surface area (Å²) in [5, 5.41) is 8.53. The molecule has 0 fully saturated rings. The van der Waals surface area contributed by atoms with Crippen molar-refractivity contribution in [2.75, 3.05) is 5.75 Å². The standard InChI is InChI=1S/C12H13F3N4S/c1-2-19-10(9-3-6-16-7-4-9)17-18-11(19)20-8-5-12(13,14)15/h3-4,6-7H,2,5,8H2,1H3. The highest BCUT2D eigenvalue weighted by molar-refractivity contribution is 7.99. The van der Waals surface area contributed by atoms with E-state index >= 15 is 0 Å². The summed E-state index contributed by atoms with van der Waals surface area (Å²) in [5.41, 5.74) is 0.844. The van der Waals surface area contributed by atoms with Gasteiger partial charge in [0.15, 0.2) is 11.0 Å². The van der Waals surface area contributed by atoms with Crippen LogP contribution in [0.5, 0.6) is 0 Å². The van der Waals surface area contributed by atoms with Crippen LogP contribution in [-0.2, 0) is 6.54 Å². The fourth-order valence-electron chi connectivity index (χ4n) is 1.65. The van der Waals surface area contributed by atoms with Crippen molar-refractivity contribution < 1.29 is 13.2 Å². The molecule has 0 radical (unpaired) electrons. The van der Waals surface area contributed by atoms with Crippen molar-refractivity contribution in [2.45, 2.75) is 31.2 Å². The van der Waals surface area contributed by atoms with Gasteiger partial charge in [-0.15, -0.1) is 10.2 Å². The molecule has 0 atom stereocenters. The van der Waals surface area contributed by atoms with Crippen LogP contribution in [0.25, 0.3) is 11.4 Å². The third-order valence-electron chi connectivity index (χ3n) is 2.59. The van der Waals surface area contributed by atoms with Gasteiger partial charge in [-0.05, 0) is 19.1 Å². The Balaban J connectivity index is 2.14. The second-order valence-electron chi connectivity index (χ2n) is 4.00. The molecule has 2 heterocycles. The number of thioether (sulfide) groups is 1. The highest BCUT2D eigenvalue weighted by atomic mass is 32.2. The van der Waals surface area contributed by atoms with E-state index < -0.39 is 12.6 Å². The topological polar surface area (TPSA) is 43.6 Å². The lowest BCUT2D eigenvalue weighted by atomic mass is 10.2. The van der Waals surface area contributed by atoms with Crippen LogP contribution in [0, 0.1) is 0 Å². The molecular weight excluding hydrogens is 289 g/mol. The molecule has 2 aromatic rings. The second-order valence-corrected chi connectivity index (χ2v) is 5.06. The summed E-state index contributed by atoms with van der Waals surface area (Å²) in [5.74, 6) is 0.585. The number of halogens is 3. The lowest BCUT2D eigenvalue weighted by molar-refractivity contribution is -0.129. The van der Waals surface area contributed by atoms with Crippen LogP contribution >= 0.6 is 11.8 Å². The van der Waals surface area contributed by atoms with E-state index in [1.807, 2.05) is 6.92 Å². The molecule has 0 saturated carbocycles. The second kappa shape index (κ2) is 6.25. The van der Waals surface area contributed by atoms with Crippen LogP contribution in [0.3, 0.4) is 0 Å². The smallest absolute Gasteiger partial charge is 0.302 e. The summed E-state index contributed by atoms with van der Waals surface area (Å²) >= 11 is 1.07. The summed E-state index contributed by atoms with van der Waals surface area (Å²) in [6.45, 7) is 2.50. The van der Waals surface area contributed by atoms with Crippen LogP contribution < -0.4 is 0 Å². The number of rotatable bonds is 5. The maximum absolute atomic E-state index is 12.1. The van der Waals surface area contributed by atoms with Gasteiger partial charge >= 0.3 is 6.18 Å². The third kappa shape index (κ3) is 3.72. The zero-order chi connectivity index (χ0) is 14.6. The van der Waals surface area contributed by atoms with Gasteiger partial charge in [-0.25, -0.2) is 0 Å². The maximum Gasteiger partial charge on any atom is 0.389 e. The summed E-state index contributed by atoms with van der Waals surface area (Å²) in [4.78, 5) is 3.92. The van der Waals surface area contributed by atoms with Crippen molar-refractivity contribution in [3.05, 3.63) is 24.5 Å². The first-order chi connectivity index (χ1) is 9.51. The minimum Gasteiger partial charge on any atom is -0.302 e. The Bertz CT molecular complexity index is 554. The molecule has 108 valence electrons. The van der Waals surface area contributed by atoms with Crippen molar-refractivity contribution in [1.82, 2.24) is 19.7 Å². The Hall–Kier alpha value is -1.57. The van der Waals surface area contributed by atoms with Gasteiger partial charge in [-0.1, -0.05) is 11.8 Å². The number of hydrogen-bond acceptors (Lipinski definition) is 4. The molecule has 0 saturated heterocycles. The number of hydrogen-bond donors (Lipinski definition) is 0. The molecule has 2 aromatic heterocycles. The Morgan fingerprint density at radius 1 is 1.20 bits per heavy atom. The lowest BCUT2D eigenvalue weighted by Gasteiger charge is -2.08. The van der Waals surface area contributed by atoms with Gasteiger partial charge in [0.25, 0.3) is 0 Å². The zero-order valence-electron chi connectivity index (χ0n) is 10.8. The summed E-state index contributed by atoms with van der Waals surface area (Å²) in [6.07, 6.45) is -1.70.